The van der Waals surface area contributed by atoms with Gasteiger partial charge in [0.05, 0.1) is 0 Å². The average molecular weight is 193 g/mol. The summed E-state index contributed by atoms with van der Waals surface area (Å²) in [5, 5.41) is 0. The Kier molecular flexibility index (Phi) is 3.02. The number of aryl methyl sites for hydroxylation is 1. The molecule has 74 valence electrons. The Labute approximate surface area is 82.2 Å². The van der Waals surface area contributed by atoms with Crippen LogP contribution in [0.1, 0.15) is 17.3 Å². The topological polar surface area (TPSA) is 43.1 Å². The zero-order chi connectivity index (χ0) is 10.7. The number of rotatable bonds is 3. The number of nitrogens with two attached hydrogens (primary N) is 1. The number of benzene rings is 1. The molecule has 0 aliphatic heterocycles. The first-order valence-corrected chi connectivity index (χ1v) is 4.21. The number of hydrogen-bond acceptors (Lipinski definition) is 1. The van der Waals surface area contributed by atoms with Crippen LogP contribution in [0.5, 0.6) is 0 Å². The standard InChI is InChI=1S/C11H12FNO/c1-7-3-5-9(6-4-7)10(12)8(2)11(13)14/h3-6,10H,2H2,1H3,(H2,13,14). The smallest absolute Gasteiger partial charge is 0.247 e. The highest BCUT2D eigenvalue weighted by Crippen LogP contribution is 2.24. The van der Waals surface area contributed by atoms with Gasteiger partial charge in [-0.25, -0.2) is 4.39 Å². The maximum atomic E-state index is 13.5. The van der Waals surface area contributed by atoms with Gasteiger partial charge >= 0.3 is 0 Å². The van der Waals surface area contributed by atoms with Crippen molar-refractivity contribution in [3.63, 3.8) is 0 Å². The summed E-state index contributed by atoms with van der Waals surface area (Å²) in [6.45, 7) is 5.21. The van der Waals surface area contributed by atoms with E-state index in [1.54, 1.807) is 24.3 Å². The number of halogens is 1. The van der Waals surface area contributed by atoms with Crippen molar-refractivity contribution in [2.75, 3.05) is 0 Å². The van der Waals surface area contributed by atoms with Crippen LogP contribution in [-0.4, -0.2) is 5.91 Å². The van der Waals surface area contributed by atoms with Gasteiger partial charge in [0, 0.05) is 5.57 Å². The fourth-order valence-electron chi connectivity index (χ4n) is 1.06. The summed E-state index contributed by atoms with van der Waals surface area (Å²) in [5.41, 5.74) is 6.15. The second-order valence-corrected chi connectivity index (χ2v) is 3.16. The van der Waals surface area contributed by atoms with Crippen LogP contribution in [0.4, 0.5) is 4.39 Å². The lowest BCUT2D eigenvalue weighted by Gasteiger charge is -2.08. The van der Waals surface area contributed by atoms with Gasteiger partial charge in [-0.2, -0.15) is 0 Å². The molecule has 1 rings (SSSR count). The van der Waals surface area contributed by atoms with Crippen LogP contribution in [0.3, 0.4) is 0 Å². The Morgan fingerprint density at radius 3 is 2.36 bits per heavy atom. The molecule has 0 aromatic heterocycles. The quantitative estimate of drug-likeness (QED) is 0.733. The van der Waals surface area contributed by atoms with Crippen molar-refractivity contribution in [3.8, 4) is 0 Å². The minimum atomic E-state index is -1.51. The van der Waals surface area contributed by atoms with Gasteiger partial charge in [0.2, 0.25) is 5.91 Å². The lowest BCUT2D eigenvalue weighted by molar-refractivity contribution is -0.115. The molecule has 0 bridgehead atoms. The fraction of sp³-hybridized carbons (Fsp3) is 0.182. The van der Waals surface area contributed by atoms with Crippen molar-refractivity contribution in [1.82, 2.24) is 0 Å². The van der Waals surface area contributed by atoms with E-state index in [1.165, 1.54) is 0 Å². The first-order valence-electron chi connectivity index (χ1n) is 4.21. The van der Waals surface area contributed by atoms with Crippen LogP contribution in [0.2, 0.25) is 0 Å². The van der Waals surface area contributed by atoms with Crippen LogP contribution in [0.25, 0.3) is 0 Å². The molecule has 1 aromatic rings. The number of hydrogen-bond donors (Lipinski definition) is 1. The molecule has 1 amide bonds. The van der Waals surface area contributed by atoms with E-state index in [4.69, 9.17) is 5.73 Å². The summed E-state index contributed by atoms with van der Waals surface area (Å²) in [5.74, 6) is -0.807. The monoisotopic (exact) mass is 193 g/mol. The van der Waals surface area contributed by atoms with Gasteiger partial charge in [-0.15, -0.1) is 0 Å². The Morgan fingerprint density at radius 2 is 1.93 bits per heavy atom. The summed E-state index contributed by atoms with van der Waals surface area (Å²) in [6, 6.07) is 6.79. The number of alkyl halides is 1. The molecule has 14 heavy (non-hydrogen) atoms. The molecule has 0 radical (unpaired) electrons. The van der Waals surface area contributed by atoms with Gasteiger partial charge in [-0.3, -0.25) is 4.79 Å². The highest BCUT2D eigenvalue weighted by molar-refractivity contribution is 5.92. The van der Waals surface area contributed by atoms with Gasteiger partial charge in [0.25, 0.3) is 0 Å². The lowest BCUT2D eigenvalue weighted by atomic mass is 10.0. The van der Waals surface area contributed by atoms with Crippen LogP contribution in [0, 0.1) is 6.92 Å². The second kappa shape index (κ2) is 4.05. The molecule has 1 atom stereocenters. The van der Waals surface area contributed by atoms with Crippen molar-refractivity contribution in [2.24, 2.45) is 5.73 Å². The average Bonchev–Trinajstić information content (AvgIpc) is 2.16. The predicted molar refractivity (Wildman–Crippen MR) is 53.4 cm³/mol. The van der Waals surface area contributed by atoms with Crippen molar-refractivity contribution in [1.29, 1.82) is 0 Å². The number of primary amides is 1. The van der Waals surface area contributed by atoms with E-state index in [0.29, 0.717) is 5.56 Å². The molecule has 1 unspecified atom stereocenters. The zero-order valence-electron chi connectivity index (χ0n) is 7.96. The molecule has 0 saturated heterocycles. The number of carbonyl (C=O) groups is 1. The van der Waals surface area contributed by atoms with E-state index in [-0.39, 0.29) is 5.57 Å². The highest BCUT2D eigenvalue weighted by atomic mass is 19.1. The minimum Gasteiger partial charge on any atom is -0.366 e. The largest absolute Gasteiger partial charge is 0.366 e. The molecule has 2 N–H and O–H groups in total. The third-order valence-corrected chi connectivity index (χ3v) is 1.99. The molecule has 2 nitrogen and oxygen atoms in total. The molecular formula is C11H12FNO. The Bertz CT molecular complexity index is 356. The van der Waals surface area contributed by atoms with Crippen molar-refractivity contribution < 1.29 is 9.18 Å². The highest BCUT2D eigenvalue weighted by Gasteiger charge is 2.17. The van der Waals surface area contributed by atoms with Gasteiger partial charge < -0.3 is 5.73 Å². The minimum absolute atomic E-state index is 0.214. The van der Waals surface area contributed by atoms with E-state index in [2.05, 4.69) is 6.58 Å². The zero-order valence-corrected chi connectivity index (χ0v) is 7.96. The fourth-order valence-corrected chi connectivity index (χ4v) is 1.06. The van der Waals surface area contributed by atoms with Crippen LogP contribution < -0.4 is 5.73 Å². The van der Waals surface area contributed by atoms with E-state index >= 15 is 0 Å². The molecule has 3 heteroatoms. The van der Waals surface area contributed by atoms with Gasteiger partial charge in [-0.05, 0) is 12.5 Å². The molecule has 0 fully saturated rings. The third-order valence-electron chi connectivity index (χ3n) is 1.99. The molecular weight excluding hydrogens is 181 g/mol. The Hall–Kier alpha value is -1.64. The predicted octanol–water partition coefficient (Wildman–Crippen LogP) is 2.05. The number of amides is 1. The summed E-state index contributed by atoms with van der Waals surface area (Å²) >= 11 is 0. The Morgan fingerprint density at radius 1 is 1.43 bits per heavy atom. The van der Waals surface area contributed by atoms with Crippen LogP contribution in [0.15, 0.2) is 36.4 Å². The van der Waals surface area contributed by atoms with Crippen LogP contribution >= 0.6 is 0 Å². The third kappa shape index (κ3) is 2.19. The molecule has 0 heterocycles. The maximum Gasteiger partial charge on any atom is 0.247 e. The first kappa shape index (κ1) is 10.4. The summed E-state index contributed by atoms with van der Waals surface area (Å²) < 4.78 is 13.5. The lowest BCUT2D eigenvalue weighted by Crippen LogP contribution is -2.16. The molecule has 0 aliphatic carbocycles. The SMILES string of the molecule is C=C(C(N)=O)C(F)c1ccc(C)cc1. The van der Waals surface area contributed by atoms with Crippen molar-refractivity contribution in [3.05, 3.63) is 47.5 Å². The molecule has 1 aromatic carbocycles. The maximum absolute atomic E-state index is 13.5. The summed E-state index contributed by atoms with van der Waals surface area (Å²) in [4.78, 5) is 10.7. The van der Waals surface area contributed by atoms with Gasteiger partial charge in [0.1, 0.15) is 0 Å². The molecule has 0 spiro atoms. The normalized spacial score (nSPS) is 12.1. The van der Waals surface area contributed by atoms with Gasteiger partial charge in [0.15, 0.2) is 6.17 Å². The van der Waals surface area contributed by atoms with E-state index in [1.807, 2.05) is 6.92 Å². The summed E-state index contributed by atoms with van der Waals surface area (Å²) in [7, 11) is 0. The van der Waals surface area contributed by atoms with E-state index in [9.17, 15) is 9.18 Å². The molecule has 0 saturated carbocycles. The van der Waals surface area contributed by atoms with Gasteiger partial charge in [-0.1, -0.05) is 36.4 Å². The number of carbonyl (C=O) groups excluding carboxylic acids is 1. The summed E-state index contributed by atoms with van der Waals surface area (Å²) in [6.07, 6.45) is -1.51. The van der Waals surface area contributed by atoms with Crippen LogP contribution in [-0.2, 0) is 4.79 Å². The molecule has 0 aliphatic rings. The van der Waals surface area contributed by atoms with E-state index in [0.717, 1.165) is 5.56 Å². The first-order chi connectivity index (χ1) is 6.52. The Balaban J connectivity index is 2.89. The van der Waals surface area contributed by atoms with E-state index < -0.39 is 12.1 Å². The second-order valence-electron chi connectivity index (χ2n) is 3.16. The van der Waals surface area contributed by atoms with Crippen molar-refractivity contribution in [2.45, 2.75) is 13.1 Å². The van der Waals surface area contributed by atoms with Crippen molar-refractivity contribution >= 4 is 5.91 Å².